The first-order chi connectivity index (χ1) is 9.22. The van der Waals surface area contributed by atoms with Crippen LogP contribution >= 0.6 is 0 Å². The normalized spacial score (nSPS) is 11.2. The van der Waals surface area contributed by atoms with E-state index in [9.17, 15) is 0 Å². The minimum atomic E-state index is 0.983. The van der Waals surface area contributed by atoms with Crippen molar-refractivity contribution in [2.45, 2.75) is 6.92 Å². The van der Waals surface area contributed by atoms with Crippen LogP contribution in [-0.2, 0) is 0 Å². The van der Waals surface area contributed by atoms with Crippen LogP contribution in [0.15, 0.2) is 59.7 Å². The van der Waals surface area contributed by atoms with Gasteiger partial charge in [-0.1, -0.05) is 36.4 Å². The molecule has 3 nitrogen and oxygen atoms in total. The molecule has 0 aliphatic rings. The van der Waals surface area contributed by atoms with Gasteiger partial charge in [-0.15, -0.1) is 0 Å². The fourth-order valence-electron chi connectivity index (χ4n) is 2.00. The molecule has 0 radical (unpaired) electrons. The number of hydrazone groups is 1. The van der Waals surface area contributed by atoms with E-state index in [1.54, 1.807) is 0 Å². The SMILES string of the molecule is CNc1ccccc1/C(C)=N/N(C)c1ccccc1. The number of nitrogens with one attached hydrogen (secondary N) is 1. The molecule has 0 saturated heterocycles. The summed E-state index contributed by atoms with van der Waals surface area (Å²) in [5, 5.41) is 9.72. The van der Waals surface area contributed by atoms with E-state index in [0.29, 0.717) is 0 Å². The molecule has 2 rings (SSSR count). The molecule has 0 unspecified atom stereocenters. The van der Waals surface area contributed by atoms with Gasteiger partial charge in [-0.25, -0.2) is 0 Å². The minimum absolute atomic E-state index is 0.983. The van der Waals surface area contributed by atoms with Gasteiger partial charge in [0.05, 0.1) is 11.4 Å². The fraction of sp³-hybridized carbons (Fsp3) is 0.188. The Morgan fingerprint density at radius 2 is 1.63 bits per heavy atom. The molecule has 0 fully saturated rings. The molecule has 0 aliphatic carbocycles. The van der Waals surface area contributed by atoms with Crippen LogP contribution in [0, 0.1) is 0 Å². The third-order valence-corrected chi connectivity index (χ3v) is 3.02. The van der Waals surface area contributed by atoms with E-state index in [1.165, 1.54) is 0 Å². The molecule has 1 N–H and O–H groups in total. The molecule has 0 spiro atoms. The highest BCUT2D eigenvalue weighted by Crippen LogP contribution is 2.17. The summed E-state index contributed by atoms with van der Waals surface area (Å²) < 4.78 is 0. The molecule has 3 heteroatoms. The van der Waals surface area contributed by atoms with E-state index in [1.807, 2.05) is 68.5 Å². The molecule has 0 heterocycles. The van der Waals surface area contributed by atoms with Gasteiger partial charge >= 0.3 is 0 Å². The van der Waals surface area contributed by atoms with Crippen LogP contribution in [-0.4, -0.2) is 19.8 Å². The molecule has 0 aromatic heterocycles. The first-order valence-electron chi connectivity index (χ1n) is 6.33. The van der Waals surface area contributed by atoms with Crippen molar-refractivity contribution in [1.82, 2.24) is 0 Å². The van der Waals surface area contributed by atoms with Gasteiger partial charge in [0.25, 0.3) is 0 Å². The maximum atomic E-state index is 4.64. The standard InChI is InChI=1S/C16H19N3/c1-13(15-11-7-8-12-16(15)17-2)18-19(3)14-9-5-4-6-10-14/h4-12,17H,1-3H3/b18-13+. The van der Waals surface area contributed by atoms with Crippen LogP contribution in [0.5, 0.6) is 0 Å². The lowest BCUT2D eigenvalue weighted by Gasteiger charge is -2.15. The zero-order chi connectivity index (χ0) is 13.7. The summed E-state index contributed by atoms with van der Waals surface area (Å²) in [4.78, 5) is 0. The molecular weight excluding hydrogens is 234 g/mol. The smallest absolute Gasteiger partial charge is 0.0671 e. The predicted molar refractivity (Wildman–Crippen MR) is 83.0 cm³/mol. The van der Waals surface area contributed by atoms with E-state index in [2.05, 4.69) is 22.6 Å². The van der Waals surface area contributed by atoms with E-state index in [4.69, 9.17) is 0 Å². The van der Waals surface area contributed by atoms with Crippen molar-refractivity contribution < 1.29 is 0 Å². The van der Waals surface area contributed by atoms with Crippen molar-refractivity contribution in [1.29, 1.82) is 0 Å². The summed E-state index contributed by atoms with van der Waals surface area (Å²) in [7, 11) is 3.88. The third kappa shape index (κ3) is 3.13. The van der Waals surface area contributed by atoms with Crippen LogP contribution in [0.25, 0.3) is 0 Å². The molecule has 0 bridgehead atoms. The summed E-state index contributed by atoms with van der Waals surface area (Å²) in [6, 6.07) is 18.3. The Hall–Kier alpha value is -2.29. The lowest BCUT2D eigenvalue weighted by molar-refractivity contribution is 1.01. The van der Waals surface area contributed by atoms with Gasteiger partial charge in [-0.05, 0) is 25.1 Å². The van der Waals surface area contributed by atoms with Crippen molar-refractivity contribution in [2.24, 2.45) is 5.10 Å². The van der Waals surface area contributed by atoms with Crippen molar-refractivity contribution in [3.8, 4) is 0 Å². The van der Waals surface area contributed by atoms with Crippen molar-refractivity contribution in [3.05, 3.63) is 60.2 Å². The first-order valence-corrected chi connectivity index (χ1v) is 6.33. The average molecular weight is 253 g/mol. The molecule has 0 atom stereocenters. The molecular formula is C16H19N3. The van der Waals surface area contributed by atoms with E-state index < -0.39 is 0 Å². The summed E-state index contributed by atoms with van der Waals surface area (Å²) >= 11 is 0. The highest BCUT2D eigenvalue weighted by atomic mass is 15.4. The third-order valence-electron chi connectivity index (χ3n) is 3.02. The summed E-state index contributed by atoms with van der Waals surface area (Å²) in [5.41, 5.74) is 4.26. The quantitative estimate of drug-likeness (QED) is 0.666. The maximum Gasteiger partial charge on any atom is 0.0671 e. The monoisotopic (exact) mass is 253 g/mol. The van der Waals surface area contributed by atoms with E-state index in [-0.39, 0.29) is 0 Å². The molecule has 0 aliphatic heterocycles. The van der Waals surface area contributed by atoms with Crippen LogP contribution in [0.2, 0.25) is 0 Å². The van der Waals surface area contributed by atoms with Gasteiger partial charge in [0.2, 0.25) is 0 Å². The topological polar surface area (TPSA) is 27.6 Å². The predicted octanol–water partition coefficient (Wildman–Crippen LogP) is 3.59. The zero-order valence-corrected chi connectivity index (χ0v) is 11.6. The molecule has 2 aromatic rings. The van der Waals surface area contributed by atoms with E-state index >= 15 is 0 Å². The largest absolute Gasteiger partial charge is 0.388 e. The van der Waals surface area contributed by atoms with Gasteiger partial charge in [0, 0.05) is 25.3 Å². The van der Waals surface area contributed by atoms with Gasteiger partial charge in [0.1, 0.15) is 0 Å². The maximum absolute atomic E-state index is 4.64. The summed E-state index contributed by atoms with van der Waals surface area (Å²) in [5.74, 6) is 0. The van der Waals surface area contributed by atoms with Gasteiger partial charge in [-0.2, -0.15) is 5.10 Å². The lowest BCUT2D eigenvalue weighted by Crippen LogP contribution is -2.13. The molecule has 0 amide bonds. The number of hydrogen-bond donors (Lipinski definition) is 1. The number of para-hydroxylation sites is 2. The fourth-order valence-corrected chi connectivity index (χ4v) is 2.00. The second-order valence-corrected chi connectivity index (χ2v) is 4.34. The molecule has 19 heavy (non-hydrogen) atoms. The van der Waals surface area contributed by atoms with Crippen molar-refractivity contribution in [3.63, 3.8) is 0 Å². The number of benzene rings is 2. The highest BCUT2D eigenvalue weighted by molar-refractivity contribution is 6.03. The minimum Gasteiger partial charge on any atom is -0.388 e. The van der Waals surface area contributed by atoms with Crippen molar-refractivity contribution in [2.75, 3.05) is 24.4 Å². The number of hydrogen-bond acceptors (Lipinski definition) is 3. The molecule has 2 aromatic carbocycles. The van der Waals surface area contributed by atoms with Crippen LogP contribution in [0.4, 0.5) is 11.4 Å². The number of rotatable bonds is 4. The highest BCUT2D eigenvalue weighted by Gasteiger charge is 2.05. The number of nitrogens with zero attached hydrogens (tertiary/aromatic N) is 2. The Kier molecular flexibility index (Phi) is 4.18. The Morgan fingerprint density at radius 1 is 1.00 bits per heavy atom. The second-order valence-electron chi connectivity index (χ2n) is 4.34. The zero-order valence-electron chi connectivity index (χ0n) is 11.6. The van der Waals surface area contributed by atoms with Crippen LogP contribution < -0.4 is 10.3 Å². The van der Waals surface area contributed by atoms with Crippen LogP contribution in [0.1, 0.15) is 12.5 Å². The van der Waals surface area contributed by atoms with Crippen LogP contribution in [0.3, 0.4) is 0 Å². The molecule has 98 valence electrons. The number of anilines is 2. The van der Waals surface area contributed by atoms with Gasteiger partial charge in [0.15, 0.2) is 0 Å². The Balaban J connectivity index is 2.28. The first kappa shape index (κ1) is 13.1. The molecule has 0 saturated carbocycles. The van der Waals surface area contributed by atoms with Gasteiger partial charge in [-0.3, -0.25) is 5.01 Å². The van der Waals surface area contributed by atoms with E-state index in [0.717, 1.165) is 22.6 Å². The lowest BCUT2D eigenvalue weighted by atomic mass is 10.1. The average Bonchev–Trinajstić information content (AvgIpc) is 2.48. The van der Waals surface area contributed by atoms with Crippen molar-refractivity contribution >= 4 is 17.1 Å². The summed E-state index contributed by atoms with van der Waals surface area (Å²) in [6.45, 7) is 2.02. The Bertz CT molecular complexity index is 561. The van der Waals surface area contributed by atoms with Gasteiger partial charge < -0.3 is 5.32 Å². The Labute approximate surface area is 114 Å². The Morgan fingerprint density at radius 3 is 2.32 bits per heavy atom. The second kappa shape index (κ2) is 6.05. The summed E-state index contributed by atoms with van der Waals surface area (Å²) in [6.07, 6.45) is 0.